The summed E-state index contributed by atoms with van der Waals surface area (Å²) in [5, 5.41) is 2.60. The lowest BCUT2D eigenvalue weighted by Gasteiger charge is -2.16. The van der Waals surface area contributed by atoms with E-state index in [1.807, 2.05) is 6.07 Å². The molecule has 2 aromatic carbocycles. The van der Waals surface area contributed by atoms with Gasteiger partial charge < -0.3 is 14.8 Å². The Bertz CT molecular complexity index is 630. The van der Waals surface area contributed by atoms with E-state index in [2.05, 4.69) is 5.32 Å². The van der Waals surface area contributed by atoms with E-state index in [0.29, 0.717) is 17.2 Å². The molecule has 110 valence electrons. The SMILES string of the molecule is COc1ccccc1O[C@@H](C)C(=O)Nc1cccc(F)c1. The molecule has 1 atom stereocenters. The Kier molecular flexibility index (Phi) is 4.77. The lowest BCUT2D eigenvalue weighted by Crippen LogP contribution is -2.30. The molecule has 0 aliphatic heterocycles. The van der Waals surface area contributed by atoms with Crippen LogP contribution in [0.2, 0.25) is 0 Å². The quantitative estimate of drug-likeness (QED) is 0.919. The zero-order valence-electron chi connectivity index (χ0n) is 11.8. The Hall–Kier alpha value is -2.56. The molecular weight excluding hydrogens is 273 g/mol. The number of carbonyl (C=O) groups is 1. The highest BCUT2D eigenvalue weighted by atomic mass is 19.1. The van der Waals surface area contributed by atoms with Crippen LogP contribution in [0.15, 0.2) is 48.5 Å². The van der Waals surface area contributed by atoms with Crippen molar-refractivity contribution < 1.29 is 18.7 Å². The maximum atomic E-state index is 13.1. The summed E-state index contributed by atoms with van der Waals surface area (Å²) in [5.74, 6) is 0.238. The number of rotatable bonds is 5. The minimum atomic E-state index is -0.746. The first-order chi connectivity index (χ1) is 10.1. The van der Waals surface area contributed by atoms with Crippen LogP contribution < -0.4 is 14.8 Å². The third-order valence-electron chi connectivity index (χ3n) is 2.83. The van der Waals surface area contributed by atoms with E-state index in [4.69, 9.17) is 9.47 Å². The summed E-state index contributed by atoms with van der Waals surface area (Å²) in [4.78, 5) is 12.0. The van der Waals surface area contributed by atoms with Gasteiger partial charge >= 0.3 is 0 Å². The molecular formula is C16H16FNO3. The second-order valence-electron chi connectivity index (χ2n) is 4.41. The van der Waals surface area contributed by atoms with Crippen molar-refractivity contribution in [3.05, 3.63) is 54.3 Å². The van der Waals surface area contributed by atoms with Gasteiger partial charge in [0.25, 0.3) is 5.91 Å². The molecule has 0 bridgehead atoms. The van der Waals surface area contributed by atoms with Crippen LogP contribution in [0, 0.1) is 5.82 Å². The van der Waals surface area contributed by atoms with Crippen molar-refractivity contribution in [3.63, 3.8) is 0 Å². The Morgan fingerprint density at radius 1 is 1.14 bits per heavy atom. The van der Waals surface area contributed by atoms with Crippen LogP contribution in [-0.4, -0.2) is 19.1 Å². The summed E-state index contributed by atoms with van der Waals surface area (Å²) >= 11 is 0. The normalized spacial score (nSPS) is 11.6. The van der Waals surface area contributed by atoms with Gasteiger partial charge in [0.05, 0.1) is 7.11 Å². The summed E-state index contributed by atoms with van der Waals surface area (Å²) in [6, 6.07) is 12.7. The highest BCUT2D eigenvalue weighted by Gasteiger charge is 2.16. The lowest BCUT2D eigenvalue weighted by molar-refractivity contribution is -0.122. The molecule has 4 nitrogen and oxygen atoms in total. The fraction of sp³-hybridized carbons (Fsp3) is 0.188. The molecule has 0 aromatic heterocycles. The van der Waals surface area contributed by atoms with Gasteiger partial charge in [-0.05, 0) is 37.3 Å². The first-order valence-corrected chi connectivity index (χ1v) is 6.46. The van der Waals surface area contributed by atoms with E-state index in [1.54, 1.807) is 31.2 Å². The number of para-hydroxylation sites is 2. The Morgan fingerprint density at radius 3 is 2.52 bits per heavy atom. The largest absolute Gasteiger partial charge is 0.493 e. The summed E-state index contributed by atoms with van der Waals surface area (Å²) in [6.45, 7) is 1.61. The fourth-order valence-electron chi connectivity index (χ4n) is 1.77. The highest BCUT2D eigenvalue weighted by Crippen LogP contribution is 2.27. The van der Waals surface area contributed by atoms with Crippen LogP contribution >= 0.6 is 0 Å². The summed E-state index contributed by atoms with van der Waals surface area (Å²) in [7, 11) is 1.53. The standard InChI is InChI=1S/C16H16FNO3/c1-11(21-15-9-4-3-8-14(15)20-2)16(19)18-13-7-5-6-12(17)10-13/h3-11H,1-2H3,(H,18,19)/t11-/m0/s1. The van der Waals surface area contributed by atoms with E-state index < -0.39 is 11.9 Å². The van der Waals surface area contributed by atoms with Crippen molar-refractivity contribution in [2.24, 2.45) is 0 Å². The van der Waals surface area contributed by atoms with Gasteiger partial charge in [-0.1, -0.05) is 18.2 Å². The molecule has 0 heterocycles. The molecule has 0 saturated heterocycles. The number of nitrogens with one attached hydrogen (secondary N) is 1. The highest BCUT2D eigenvalue weighted by molar-refractivity contribution is 5.94. The van der Waals surface area contributed by atoms with Crippen molar-refractivity contribution in [3.8, 4) is 11.5 Å². The number of anilines is 1. The Morgan fingerprint density at radius 2 is 1.86 bits per heavy atom. The van der Waals surface area contributed by atoms with Gasteiger partial charge in [0.15, 0.2) is 17.6 Å². The minimum Gasteiger partial charge on any atom is -0.493 e. The number of halogens is 1. The molecule has 5 heteroatoms. The van der Waals surface area contributed by atoms with Crippen LogP contribution in [0.25, 0.3) is 0 Å². The number of benzene rings is 2. The molecule has 1 N–H and O–H groups in total. The van der Waals surface area contributed by atoms with Gasteiger partial charge in [-0.3, -0.25) is 4.79 Å². The second-order valence-corrected chi connectivity index (χ2v) is 4.41. The van der Waals surface area contributed by atoms with Gasteiger partial charge in [0.1, 0.15) is 5.82 Å². The van der Waals surface area contributed by atoms with Crippen LogP contribution in [-0.2, 0) is 4.79 Å². The van der Waals surface area contributed by atoms with Gasteiger partial charge in [-0.15, -0.1) is 0 Å². The van der Waals surface area contributed by atoms with Crippen LogP contribution in [0.5, 0.6) is 11.5 Å². The van der Waals surface area contributed by atoms with Crippen LogP contribution in [0.1, 0.15) is 6.92 Å². The number of hydrogen-bond donors (Lipinski definition) is 1. The molecule has 0 fully saturated rings. The zero-order chi connectivity index (χ0) is 15.2. The number of ether oxygens (including phenoxy) is 2. The molecule has 0 unspecified atom stereocenters. The fourth-order valence-corrected chi connectivity index (χ4v) is 1.77. The van der Waals surface area contributed by atoms with Crippen molar-refractivity contribution >= 4 is 11.6 Å². The van der Waals surface area contributed by atoms with E-state index >= 15 is 0 Å². The summed E-state index contributed by atoms with van der Waals surface area (Å²) < 4.78 is 23.8. The monoisotopic (exact) mass is 289 g/mol. The van der Waals surface area contributed by atoms with Crippen molar-refractivity contribution in [1.29, 1.82) is 0 Å². The average Bonchev–Trinajstić information content (AvgIpc) is 2.47. The maximum absolute atomic E-state index is 13.1. The number of amides is 1. The molecule has 0 aliphatic rings. The predicted octanol–water partition coefficient (Wildman–Crippen LogP) is 3.24. The van der Waals surface area contributed by atoms with Gasteiger partial charge in [0.2, 0.25) is 0 Å². The van der Waals surface area contributed by atoms with Crippen LogP contribution in [0.3, 0.4) is 0 Å². The van der Waals surface area contributed by atoms with E-state index in [1.165, 1.54) is 25.3 Å². The molecule has 0 spiro atoms. The molecule has 21 heavy (non-hydrogen) atoms. The number of hydrogen-bond acceptors (Lipinski definition) is 3. The molecule has 2 aromatic rings. The van der Waals surface area contributed by atoms with Crippen molar-refractivity contribution in [1.82, 2.24) is 0 Å². The number of methoxy groups -OCH3 is 1. The number of carbonyl (C=O) groups excluding carboxylic acids is 1. The average molecular weight is 289 g/mol. The van der Waals surface area contributed by atoms with Gasteiger partial charge in [0, 0.05) is 5.69 Å². The third-order valence-corrected chi connectivity index (χ3v) is 2.83. The topological polar surface area (TPSA) is 47.6 Å². The first-order valence-electron chi connectivity index (χ1n) is 6.46. The Balaban J connectivity index is 2.02. The third kappa shape index (κ3) is 3.95. The molecule has 0 saturated carbocycles. The van der Waals surface area contributed by atoms with Crippen molar-refractivity contribution in [2.45, 2.75) is 13.0 Å². The van der Waals surface area contributed by atoms with E-state index in [0.717, 1.165) is 0 Å². The lowest BCUT2D eigenvalue weighted by atomic mass is 10.2. The summed E-state index contributed by atoms with van der Waals surface area (Å²) in [5.41, 5.74) is 0.385. The maximum Gasteiger partial charge on any atom is 0.265 e. The van der Waals surface area contributed by atoms with E-state index in [9.17, 15) is 9.18 Å². The molecule has 0 radical (unpaired) electrons. The zero-order valence-corrected chi connectivity index (χ0v) is 11.8. The molecule has 2 rings (SSSR count). The van der Waals surface area contributed by atoms with E-state index in [-0.39, 0.29) is 5.91 Å². The van der Waals surface area contributed by atoms with Gasteiger partial charge in [-0.25, -0.2) is 4.39 Å². The second kappa shape index (κ2) is 6.74. The van der Waals surface area contributed by atoms with Crippen LogP contribution in [0.4, 0.5) is 10.1 Å². The first kappa shape index (κ1) is 14.8. The summed E-state index contributed by atoms with van der Waals surface area (Å²) in [6.07, 6.45) is -0.746. The smallest absolute Gasteiger partial charge is 0.265 e. The Labute approximate surface area is 122 Å². The molecule has 1 amide bonds. The van der Waals surface area contributed by atoms with Gasteiger partial charge in [-0.2, -0.15) is 0 Å². The molecule has 0 aliphatic carbocycles. The minimum absolute atomic E-state index is 0.369. The van der Waals surface area contributed by atoms with Crippen molar-refractivity contribution in [2.75, 3.05) is 12.4 Å². The predicted molar refractivity (Wildman–Crippen MR) is 78.1 cm³/mol.